The summed E-state index contributed by atoms with van der Waals surface area (Å²) < 4.78 is 0. The second-order valence-corrected chi connectivity index (χ2v) is 5.25. The Morgan fingerprint density at radius 2 is 1.80 bits per heavy atom. The van der Waals surface area contributed by atoms with Crippen molar-refractivity contribution in [1.82, 2.24) is 9.97 Å². The van der Waals surface area contributed by atoms with E-state index in [0.29, 0.717) is 0 Å². The summed E-state index contributed by atoms with van der Waals surface area (Å²) in [6, 6.07) is 4.05. The molecule has 3 heteroatoms. The van der Waals surface area contributed by atoms with E-state index < -0.39 is 5.41 Å². The van der Waals surface area contributed by atoms with Crippen molar-refractivity contribution >= 4 is 0 Å². The molecule has 0 aliphatic carbocycles. The van der Waals surface area contributed by atoms with E-state index in [9.17, 15) is 0 Å². The Morgan fingerprint density at radius 3 is 2.27 bits per heavy atom. The maximum absolute atomic E-state index is 9.03. The van der Waals surface area contributed by atoms with Crippen LogP contribution in [0.15, 0.2) is 12.3 Å². The van der Waals surface area contributed by atoms with Crippen LogP contribution in [0.5, 0.6) is 0 Å². The molecular weight excluding hydrogens is 186 g/mol. The lowest BCUT2D eigenvalue weighted by atomic mass is 9.90. The van der Waals surface area contributed by atoms with Crippen molar-refractivity contribution in [2.75, 3.05) is 0 Å². The summed E-state index contributed by atoms with van der Waals surface area (Å²) in [6.07, 6.45) is 1.72. The molecule has 1 aromatic heterocycles. The van der Waals surface area contributed by atoms with Gasteiger partial charge in [0.2, 0.25) is 0 Å². The lowest BCUT2D eigenvalue weighted by Gasteiger charge is -2.20. The molecule has 0 amide bonds. The SMILES string of the molecule is CC(C)(C)c1nccc(C(C)(C)C#N)n1. The number of nitriles is 1. The minimum Gasteiger partial charge on any atom is -0.241 e. The molecule has 1 heterocycles. The Kier molecular flexibility index (Phi) is 2.81. The molecule has 0 saturated carbocycles. The second kappa shape index (κ2) is 3.62. The van der Waals surface area contributed by atoms with E-state index in [1.807, 2.05) is 13.8 Å². The smallest absolute Gasteiger partial charge is 0.133 e. The summed E-state index contributed by atoms with van der Waals surface area (Å²) in [6.45, 7) is 9.91. The van der Waals surface area contributed by atoms with Gasteiger partial charge >= 0.3 is 0 Å². The third kappa shape index (κ3) is 2.53. The molecule has 3 nitrogen and oxygen atoms in total. The summed E-state index contributed by atoms with van der Waals surface area (Å²) in [4.78, 5) is 8.69. The lowest BCUT2D eigenvalue weighted by Crippen LogP contribution is -2.22. The first-order valence-electron chi connectivity index (χ1n) is 5.02. The quantitative estimate of drug-likeness (QED) is 0.704. The van der Waals surface area contributed by atoms with Gasteiger partial charge in [-0.05, 0) is 19.9 Å². The molecule has 0 saturated heterocycles. The standard InChI is InChI=1S/C12H17N3/c1-11(2,3)10-14-7-6-9(15-10)12(4,5)8-13/h6-7H,1-5H3. The zero-order valence-corrected chi connectivity index (χ0v) is 10.00. The third-order valence-electron chi connectivity index (χ3n) is 2.25. The average molecular weight is 203 g/mol. The molecule has 0 radical (unpaired) electrons. The molecule has 0 aromatic carbocycles. The average Bonchev–Trinajstić information content (AvgIpc) is 2.17. The molecule has 0 bridgehead atoms. The van der Waals surface area contributed by atoms with Crippen LogP contribution < -0.4 is 0 Å². The maximum atomic E-state index is 9.03. The van der Waals surface area contributed by atoms with Gasteiger partial charge in [0.15, 0.2) is 0 Å². The fourth-order valence-corrected chi connectivity index (χ4v) is 1.13. The van der Waals surface area contributed by atoms with Crippen LogP contribution in [0.3, 0.4) is 0 Å². The van der Waals surface area contributed by atoms with E-state index in [1.165, 1.54) is 0 Å². The molecule has 0 aliphatic rings. The first-order chi connectivity index (χ1) is 6.77. The Balaban J connectivity index is 3.22. The highest BCUT2D eigenvalue weighted by Gasteiger charge is 2.24. The topological polar surface area (TPSA) is 49.6 Å². The van der Waals surface area contributed by atoms with Crippen molar-refractivity contribution in [2.24, 2.45) is 0 Å². The highest BCUT2D eigenvalue weighted by atomic mass is 14.9. The third-order valence-corrected chi connectivity index (χ3v) is 2.25. The van der Waals surface area contributed by atoms with Crippen molar-refractivity contribution in [3.63, 3.8) is 0 Å². The number of aromatic nitrogens is 2. The Morgan fingerprint density at radius 1 is 1.20 bits per heavy atom. The van der Waals surface area contributed by atoms with Crippen LogP contribution in [0.1, 0.15) is 46.1 Å². The Bertz CT molecular complexity index is 394. The lowest BCUT2D eigenvalue weighted by molar-refractivity contribution is 0.530. The van der Waals surface area contributed by atoms with Crippen LogP contribution >= 0.6 is 0 Å². The van der Waals surface area contributed by atoms with Crippen molar-refractivity contribution in [3.05, 3.63) is 23.8 Å². The van der Waals surface area contributed by atoms with Gasteiger partial charge in [0.1, 0.15) is 5.82 Å². The number of hydrogen-bond acceptors (Lipinski definition) is 3. The van der Waals surface area contributed by atoms with Gasteiger partial charge in [-0.3, -0.25) is 0 Å². The van der Waals surface area contributed by atoms with Crippen LogP contribution in [0, 0.1) is 11.3 Å². The van der Waals surface area contributed by atoms with E-state index in [0.717, 1.165) is 11.5 Å². The molecule has 15 heavy (non-hydrogen) atoms. The van der Waals surface area contributed by atoms with E-state index >= 15 is 0 Å². The van der Waals surface area contributed by atoms with E-state index in [4.69, 9.17) is 5.26 Å². The van der Waals surface area contributed by atoms with E-state index in [-0.39, 0.29) is 5.41 Å². The molecule has 80 valence electrons. The van der Waals surface area contributed by atoms with Gasteiger partial charge in [-0.25, -0.2) is 9.97 Å². The molecule has 0 unspecified atom stereocenters. The number of hydrogen-bond donors (Lipinski definition) is 0. The van der Waals surface area contributed by atoms with E-state index in [1.54, 1.807) is 12.3 Å². The number of rotatable bonds is 1. The summed E-state index contributed by atoms with van der Waals surface area (Å²) in [5, 5.41) is 9.03. The summed E-state index contributed by atoms with van der Waals surface area (Å²) in [7, 11) is 0. The molecule has 0 spiro atoms. The molecule has 0 atom stereocenters. The fraction of sp³-hybridized carbons (Fsp3) is 0.583. The van der Waals surface area contributed by atoms with Gasteiger partial charge in [0, 0.05) is 11.6 Å². The summed E-state index contributed by atoms with van der Waals surface area (Å²) in [5.74, 6) is 0.781. The monoisotopic (exact) mass is 203 g/mol. The predicted octanol–water partition coefficient (Wildman–Crippen LogP) is 2.58. The van der Waals surface area contributed by atoms with Gasteiger partial charge < -0.3 is 0 Å². The van der Waals surface area contributed by atoms with Crippen molar-refractivity contribution in [2.45, 2.75) is 45.4 Å². The largest absolute Gasteiger partial charge is 0.241 e. The minimum absolute atomic E-state index is 0.0818. The molecular formula is C12H17N3. The van der Waals surface area contributed by atoms with Crippen LogP contribution in [-0.4, -0.2) is 9.97 Å². The zero-order valence-electron chi connectivity index (χ0n) is 10.00. The van der Waals surface area contributed by atoms with Crippen LogP contribution in [-0.2, 0) is 10.8 Å². The molecule has 0 fully saturated rings. The van der Waals surface area contributed by atoms with E-state index in [2.05, 4.69) is 36.8 Å². The molecule has 1 rings (SSSR count). The van der Waals surface area contributed by atoms with Gasteiger partial charge in [-0.1, -0.05) is 20.8 Å². The van der Waals surface area contributed by atoms with Gasteiger partial charge in [-0.15, -0.1) is 0 Å². The maximum Gasteiger partial charge on any atom is 0.133 e. The van der Waals surface area contributed by atoms with Gasteiger partial charge in [0.25, 0.3) is 0 Å². The van der Waals surface area contributed by atoms with Crippen LogP contribution in [0.2, 0.25) is 0 Å². The Labute approximate surface area is 91.2 Å². The molecule has 1 aromatic rings. The first kappa shape index (κ1) is 11.6. The Hall–Kier alpha value is -1.43. The van der Waals surface area contributed by atoms with Crippen LogP contribution in [0.4, 0.5) is 0 Å². The van der Waals surface area contributed by atoms with Crippen LogP contribution in [0.25, 0.3) is 0 Å². The molecule has 0 aliphatic heterocycles. The van der Waals surface area contributed by atoms with Crippen molar-refractivity contribution < 1.29 is 0 Å². The first-order valence-corrected chi connectivity index (χ1v) is 5.02. The highest BCUT2D eigenvalue weighted by molar-refractivity contribution is 5.23. The summed E-state index contributed by atoms with van der Waals surface area (Å²) in [5.41, 5.74) is 0.148. The normalized spacial score (nSPS) is 12.3. The predicted molar refractivity (Wildman–Crippen MR) is 59.4 cm³/mol. The van der Waals surface area contributed by atoms with Gasteiger partial charge in [-0.2, -0.15) is 5.26 Å². The van der Waals surface area contributed by atoms with Crippen molar-refractivity contribution in [3.8, 4) is 6.07 Å². The molecule has 0 N–H and O–H groups in total. The minimum atomic E-state index is -0.553. The highest BCUT2D eigenvalue weighted by Crippen LogP contribution is 2.23. The zero-order chi connectivity index (χ0) is 11.7. The van der Waals surface area contributed by atoms with Crippen molar-refractivity contribution in [1.29, 1.82) is 5.26 Å². The number of nitrogens with zero attached hydrogens (tertiary/aromatic N) is 3. The van der Waals surface area contributed by atoms with Gasteiger partial charge in [0.05, 0.1) is 17.2 Å². The fourth-order valence-electron chi connectivity index (χ4n) is 1.13. The summed E-state index contributed by atoms with van der Waals surface area (Å²) >= 11 is 0. The second-order valence-electron chi connectivity index (χ2n) is 5.25.